The van der Waals surface area contributed by atoms with Crippen molar-refractivity contribution in [1.82, 2.24) is 9.03 Å². The van der Waals surface area contributed by atoms with Crippen LogP contribution in [0.2, 0.25) is 0 Å². The number of hydrogen-bond acceptors (Lipinski definition) is 2. The molecule has 0 saturated carbocycles. The molecule has 0 amide bonds. The van der Waals surface area contributed by atoms with Gasteiger partial charge in [-0.15, -0.1) is 11.6 Å². The Kier molecular flexibility index (Phi) is 6.10. The number of rotatable bonds is 6. The van der Waals surface area contributed by atoms with Gasteiger partial charge in [0.05, 0.1) is 0 Å². The Bertz CT molecular complexity index is 278. The monoisotopic (exact) mass is 256 g/mol. The predicted octanol–water partition coefficient (Wildman–Crippen LogP) is 1.57. The van der Waals surface area contributed by atoms with E-state index in [9.17, 15) is 8.42 Å². The molecule has 0 saturated heterocycles. The molecular weight excluding hydrogens is 236 g/mol. The smallest absolute Gasteiger partial charge is 0.199 e. The summed E-state index contributed by atoms with van der Waals surface area (Å²) < 4.78 is 27.4. The van der Waals surface area contributed by atoms with E-state index in [1.165, 1.54) is 4.31 Å². The first-order chi connectivity index (χ1) is 6.66. The largest absolute Gasteiger partial charge is 0.279 e. The molecule has 1 N–H and O–H groups in total. The molecule has 92 valence electrons. The van der Waals surface area contributed by atoms with Crippen molar-refractivity contribution in [2.45, 2.75) is 51.6 Å². The zero-order chi connectivity index (χ0) is 12.2. The highest BCUT2D eigenvalue weighted by molar-refractivity contribution is 7.87. The van der Waals surface area contributed by atoms with Crippen LogP contribution in [0.5, 0.6) is 0 Å². The SMILES string of the molecule is CC(Cl)CC(C)NS(=O)(=O)N(C)C(C)C. The Morgan fingerprint density at radius 1 is 1.27 bits per heavy atom. The van der Waals surface area contributed by atoms with Crippen LogP contribution >= 0.6 is 11.6 Å². The molecule has 2 atom stereocenters. The summed E-state index contributed by atoms with van der Waals surface area (Å²) >= 11 is 5.80. The maximum atomic E-state index is 11.7. The first kappa shape index (κ1) is 15.2. The molecule has 0 aliphatic heterocycles. The van der Waals surface area contributed by atoms with Gasteiger partial charge in [-0.2, -0.15) is 17.4 Å². The van der Waals surface area contributed by atoms with Crippen molar-refractivity contribution in [1.29, 1.82) is 0 Å². The second kappa shape index (κ2) is 6.03. The van der Waals surface area contributed by atoms with E-state index in [0.717, 1.165) is 0 Å². The first-order valence-electron chi connectivity index (χ1n) is 5.06. The number of nitrogens with zero attached hydrogens (tertiary/aromatic N) is 1. The Hall–Kier alpha value is 0.160. The van der Waals surface area contributed by atoms with Gasteiger partial charge >= 0.3 is 0 Å². The summed E-state index contributed by atoms with van der Waals surface area (Å²) in [5.74, 6) is 0. The Labute approximate surface area is 98.2 Å². The minimum atomic E-state index is -3.38. The molecular formula is C9H21ClN2O2S. The van der Waals surface area contributed by atoms with Gasteiger partial charge in [0.15, 0.2) is 0 Å². The fourth-order valence-corrected chi connectivity index (χ4v) is 2.74. The Balaban J connectivity index is 4.38. The van der Waals surface area contributed by atoms with E-state index in [0.29, 0.717) is 6.42 Å². The highest BCUT2D eigenvalue weighted by Gasteiger charge is 2.22. The van der Waals surface area contributed by atoms with Crippen LogP contribution in [0, 0.1) is 0 Å². The summed E-state index contributed by atoms with van der Waals surface area (Å²) in [6, 6.07) is -0.202. The van der Waals surface area contributed by atoms with Gasteiger partial charge in [-0.3, -0.25) is 0 Å². The third kappa shape index (κ3) is 5.70. The molecule has 0 rings (SSSR count). The van der Waals surface area contributed by atoms with Crippen molar-refractivity contribution in [3.05, 3.63) is 0 Å². The lowest BCUT2D eigenvalue weighted by atomic mass is 10.2. The van der Waals surface area contributed by atoms with Crippen LogP contribution in [-0.2, 0) is 10.2 Å². The van der Waals surface area contributed by atoms with E-state index in [1.807, 2.05) is 27.7 Å². The normalized spacial score (nSPS) is 17.1. The summed E-state index contributed by atoms with van der Waals surface area (Å²) in [5.41, 5.74) is 0. The summed E-state index contributed by atoms with van der Waals surface area (Å²) in [7, 11) is -1.82. The summed E-state index contributed by atoms with van der Waals surface area (Å²) in [6.07, 6.45) is 0.618. The van der Waals surface area contributed by atoms with Crippen LogP contribution in [0.1, 0.15) is 34.1 Å². The van der Waals surface area contributed by atoms with E-state index in [1.54, 1.807) is 7.05 Å². The number of alkyl halides is 1. The number of halogens is 1. The quantitative estimate of drug-likeness (QED) is 0.734. The molecule has 0 fully saturated rings. The maximum Gasteiger partial charge on any atom is 0.279 e. The lowest BCUT2D eigenvalue weighted by Gasteiger charge is -2.24. The molecule has 0 spiro atoms. The minimum Gasteiger partial charge on any atom is -0.199 e. The second-order valence-electron chi connectivity index (χ2n) is 4.15. The zero-order valence-corrected chi connectivity index (χ0v) is 11.6. The first-order valence-corrected chi connectivity index (χ1v) is 6.93. The number of nitrogens with one attached hydrogen (secondary N) is 1. The Morgan fingerprint density at radius 3 is 2.07 bits per heavy atom. The molecule has 0 aromatic rings. The van der Waals surface area contributed by atoms with Gasteiger partial charge in [0.25, 0.3) is 10.2 Å². The average molecular weight is 257 g/mol. The van der Waals surface area contributed by atoms with Crippen molar-refractivity contribution < 1.29 is 8.42 Å². The van der Waals surface area contributed by atoms with Crippen molar-refractivity contribution in [3.8, 4) is 0 Å². The van der Waals surface area contributed by atoms with Crippen LogP contribution in [0.25, 0.3) is 0 Å². The van der Waals surface area contributed by atoms with Crippen molar-refractivity contribution in [2.24, 2.45) is 0 Å². The van der Waals surface area contributed by atoms with Crippen molar-refractivity contribution >= 4 is 21.8 Å². The topological polar surface area (TPSA) is 49.4 Å². The molecule has 15 heavy (non-hydrogen) atoms. The molecule has 2 unspecified atom stereocenters. The van der Waals surface area contributed by atoms with E-state index in [4.69, 9.17) is 11.6 Å². The van der Waals surface area contributed by atoms with E-state index in [2.05, 4.69) is 4.72 Å². The van der Waals surface area contributed by atoms with E-state index >= 15 is 0 Å². The third-order valence-corrected chi connectivity index (χ3v) is 4.19. The molecule has 0 heterocycles. The highest BCUT2D eigenvalue weighted by atomic mass is 35.5. The zero-order valence-electron chi connectivity index (χ0n) is 9.99. The van der Waals surface area contributed by atoms with Crippen molar-refractivity contribution in [2.75, 3.05) is 7.05 Å². The van der Waals surface area contributed by atoms with E-state index in [-0.39, 0.29) is 17.5 Å². The van der Waals surface area contributed by atoms with Crippen molar-refractivity contribution in [3.63, 3.8) is 0 Å². The lowest BCUT2D eigenvalue weighted by molar-refractivity contribution is 0.395. The second-order valence-corrected chi connectivity index (χ2v) is 6.66. The highest BCUT2D eigenvalue weighted by Crippen LogP contribution is 2.07. The van der Waals surface area contributed by atoms with Gasteiger partial charge in [0.2, 0.25) is 0 Å². The minimum absolute atomic E-state index is 0.0351. The van der Waals surface area contributed by atoms with Crippen LogP contribution < -0.4 is 4.72 Å². The van der Waals surface area contributed by atoms with Gasteiger partial charge in [-0.25, -0.2) is 0 Å². The molecule has 4 nitrogen and oxygen atoms in total. The molecule has 0 aromatic heterocycles. The van der Waals surface area contributed by atoms with Crippen LogP contribution in [-0.4, -0.2) is 37.2 Å². The third-order valence-electron chi connectivity index (χ3n) is 2.13. The molecule has 0 aliphatic rings. The maximum absolute atomic E-state index is 11.7. The van der Waals surface area contributed by atoms with Crippen LogP contribution in [0.15, 0.2) is 0 Å². The predicted molar refractivity (Wildman–Crippen MR) is 64.3 cm³/mol. The summed E-state index contributed by atoms with van der Waals surface area (Å²) in [4.78, 5) is 0. The molecule has 0 aromatic carbocycles. The molecule has 0 bridgehead atoms. The Morgan fingerprint density at radius 2 is 1.73 bits per heavy atom. The molecule has 0 radical (unpaired) electrons. The standard InChI is InChI=1S/C9H21ClN2O2S/c1-7(2)12(5)15(13,14)11-9(4)6-8(3)10/h7-9,11H,6H2,1-5H3. The van der Waals surface area contributed by atoms with E-state index < -0.39 is 10.2 Å². The number of hydrogen-bond donors (Lipinski definition) is 1. The average Bonchev–Trinajstić information content (AvgIpc) is 1.99. The van der Waals surface area contributed by atoms with Gasteiger partial charge in [-0.05, 0) is 34.1 Å². The van der Waals surface area contributed by atoms with Crippen LogP contribution in [0.3, 0.4) is 0 Å². The van der Waals surface area contributed by atoms with Gasteiger partial charge in [0.1, 0.15) is 0 Å². The fraction of sp³-hybridized carbons (Fsp3) is 1.00. The van der Waals surface area contributed by atoms with Gasteiger partial charge < -0.3 is 0 Å². The summed E-state index contributed by atoms with van der Waals surface area (Å²) in [5, 5.41) is -0.0351. The van der Waals surface area contributed by atoms with Crippen LogP contribution in [0.4, 0.5) is 0 Å². The van der Waals surface area contributed by atoms with Gasteiger partial charge in [0, 0.05) is 24.5 Å². The lowest BCUT2D eigenvalue weighted by Crippen LogP contribution is -2.45. The fourth-order valence-electron chi connectivity index (χ4n) is 1.15. The van der Waals surface area contributed by atoms with Gasteiger partial charge in [-0.1, -0.05) is 0 Å². The molecule has 6 heteroatoms. The summed E-state index contributed by atoms with van der Waals surface area (Å²) in [6.45, 7) is 7.31. The molecule has 0 aliphatic carbocycles.